The first-order valence-electron chi connectivity index (χ1n) is 3.28. The summed E-state index contributed by atoms with van der Waals surface area (Å²) in [5, 5.41) is 0. The summed E-state index contributed by atoms with van der Waals surface area (Å²) in [5.74, 6) is 0.582. The minimum Gasteiger partial charge on any atom is -0.451 e. The molecule has 0 aliphatic heterocycles. The van der Waals surface area contributed by atoms with Gasteiger partial charge < -0.3 is 4.74 Å². The zero-order chi connectivity index (χ0) is 6.91. The number of hydrogen-bond donors (Lipinski definition) is 0. The van der Waals surface area contributed by atoms with E-state index in [1.807, 2.05) is 6.92 Å². The third-order valence-electron chi connectivity index (χ3n) is 2.12. The average Bonchev–Trinajstić information content (AvgIpc) is 2.43. The van der Waals surface area contributed by atoms with Crippen LogP contribution in [-0.4, -0.2) is 12.1 Å². The standard InChI is InChI=1S/C7H11O2/c1-3-6-4-7(6,2)9-5-8/h6H,3-4H2,1-2H3. The van der Waals surface area contributed by atoms with Crippen LogP contribution < -0.4 is 0 Å². The Bertz CT molecular complexity index is 122. The van der Waals surface area contributed by atoms with Gasteiger partial charge in [-0.1, -0.05) is 6.92 Å². The Balaban J connectivity index is 2.32. The number of hydrogen-bond acceptors (Lipinski definition) is 2. The predicted octanol–water partition coefficient (Wildman–Crippen LogP) is 1.26. The third kappa shape index (κ3) is 1.07. The number of rotatable bonds is 3. The van der Waals surface area contributed by atoms with Crippen molar-refractivity contribution in [3.05, 3.63) is 0 Å². The van der Waals surface area contributed by atoms with Crippen molar-refractivity contribution in [1.29, 1.82) is 0 Å². The van der Waals surface area contributed by atoms with Gasteiger partial charge in [-0.15, -0.1) is 0 Å². The first-order chi connectivity index (χ1) is 4.23. The van der Waals surface area contributed by atoms with Crippen LogP contribution in [0.3, 0.4) is 0 Å². The maximum absolute atomic E-state index is 9.77. The molecule has 9 heavy (non-hydrogen) atoms. The van der Waals surface area contributed by atoms with Gasteiger partial charge in [0, 0.05) is 5.92 Å². The number of ether oxygens (including phenoxy) is 1. The predicted molar refractivity (Wildman–Crippen MR) is 33.6 cm³/mol. The Morgan fingerprint density at radius 3 is 2.89 bits per heavy atom. The highest BCUT2D eigenvalue weighted by Crippen LogP contribution is 2.47. The van der Waals surface area contributed by atoms with Gasteiger partial charge in [0.05, 0.1) is 0 Å². The first kappa shape index (κ1) is 6.59. The topological polar surface area (TPSA) is 26.3 Å². The van der Waals surface area contributed by atoms with Gasteiger partial charge in [-0.25, -0.2) is 4.79 Å². The Hall–Kier alpha value is -0.530. The van der Waals surface area contributed by atoms with E-state index in [0.29, 0.717) is 5.92 Å². The lowest BCUT2D eigenvalue weighted by Gasteiger charge is -2.04. The lowest BCUT2D eigenvalue weighted by atomic mass is 10.2. The second-order valence-corrected chi connectivity index (χ2v) is 2.81. The van der Waals surface area contributed by atoms with Crippen LogP contribution in [0.2, 0.25) is 0 Å². The molecule has 1 saturated carbocycles. The van der Waals surface area contributed by atoms with Crippen LogP contribution in [0.1, 0.15) is 26.7 Å². The monoisotopic (exact) mass is 127 g/mol. The average molecular weight is 127 g/mol. The van der Waals surface area contributed by atoms with E-state index in [9.17, 15) is 4.79 Å². The molecule has 1 rings (SSSR count). The minimum absolute atomic E-state index is 0.156. The molecule has 1 radical (unpaired) electrons. The molecular weight excluding hydrogens is 116 g/mol. The normalized spacial score (nSPS) is 40.0. The molecule has 2 heteroatoms. The molecule has 0 aromatic rings. The van der Waals surface area contributed by atoms with Crippen molar-refractivity contribution in [2.45, 2.75) is 32.3 Å². The lowest BCUT2D eigenvalue weighted by molar-refractivity contribution is 0.155. The quantitative estimate of drug-likeness (QED) is 0.570. The summed E-state index contributed by atoms with van der Waals surface area (Å²) in [6.45, 7) is 5.54. The molecule has 1 aliphatic carbocycles. The summed E-state index contributed by atoms with van der Waals surface area (Å²) < 4.78 is 4.74. The molecule has 0 aromatic heterocycles. The molecule has 2 unspecified atom stereocenters. The van der Waals surface area contributed by atoms with Crippen molar-refractivity contribution in [1.82, 2.24) is 0 Å². The van der Waals surface area contributed by atoms with E-state index in [1.165, 1.54) is 6.47 Å². The largest absolute Gasteiger partial charge is 0.451 e. The highest BCUT2D eigenvalue weighted by molar-refractivity contribution is 5.40. The van der Waals surface area contributed by atoms with Gasteiger partial charge in [0.1, 0.15) is 5.60 Å². The van der Waals surface area contributed by atoms with Gasteiger partial charge in [-0.2, -0.15) is 0 Å². The first-order valence-corrected chi connectivity index (χ1v) is 3.28. The fraction of sp³-hybridized carbons (Fsp3) is 0.857. The summed E-state index contributed by atoms with van der Waals surface area (Å²) in [7, 11) is 0. The van der Waals surface area contributed by atoms with Crippen LogP contribution in [0.5, 0.6) is 0 Å². The maximum Gasteiger partial charge on any atom is 0.418 e. The van der Waals surface area contributed by atoms with Crippen LogP contribution >= 0.6 is 0 Å². The van der Waals surface area contributed by atoms with Crippen molar-refractivity contribution in [3.8, 4) is 0 Å². The van der Waals surface area contributed by atoms with E-state index >= 15 is 0 Å². The zero-order valence-corrected chi connectivity index (χ0v) is 5.81. The molecule has 1 aliphatic rings. The van der Waals surface area contributed by atoms with Crippen molar-refractivity contribution >= 4 is 6.47 Å². The van der Waals surface area contributed by atoms with E-state index in [1.54, 1.807) is 0 Å². The summed E-state index contributed by atoms with van der Waals surface area (Å²) in [6.07, 6.45) is 2.11. The van der Waals surface area contributed by atoms with Gasteiger partial charge in [-0.05, 0) is 19.8 Å². The highest BCUT2D eigenvalue weighted by Gasteiger charge is 2.51. The molecule has 0 heterocycles. The van der Waals surface area contributed by atoms with Gasteiger partial charge >= 0.3 is 6.47 Å². The maximum atomic E-state index is 9.77. The van der Waals surface area contributed by atoms with Crippen LogP contribution in [0.4, 0.5) is 0 Å². The van der Waals surface area contributed by atoms with Gasteiger partial charge in [0.15, 0.2) is 0 Å². The molecule has 0 bridgehead atoms. The molecule has 2 nitrogen and oxygen atoms in total. The molecule has 0 N–H and O–H groups in total. The van der Waals surface area contributed by atoms with Crippen LogP contribution in [0.25, 0.3) is 0 Å². The number of carbonyl (C=O) groups excluding carboxylic acids is 1. The van der Waals surface area contributed by atoms with Crippen molar-refractivity contribution in [3.63, 3.8) is 0 Å². The molecule has 0 amide bonds. The fourth-order valence-electron chi connectivity index (χ4n) is 1.23. The molecule has 2 atom stereocenters. The minimum atomic E-state index is -0.156. The van der Waals surface area contributed by atoms with Crippen LogP contribution in [-0.2, 0) is 9.53 Å². The third-order valence-corrected chi connectivity index (χ3v) is 2.12. The molecule has 0 aromatic carbocycles. The second-order valence-electron chi connectivity index (χ2n) is 2.81. The van der Waals surface area contributed by atoms with E-state index in [2.05, 4.69) is 6.92 Å². The van der Waals surface area contributed by atoms with Crippen LogP contribution in [0, 0.1) is 5.92 Å². The molecule has 0 saturated heterocycles. The highest BCUT2D eigenvalue weighted by atomic mass is 16.5. The molecule has 1 fully saturated rings. The summed E-state index contributed by atoms with van der Waals surface area (Å²) in [4.78, 5) is 9.77. The van der Waals surface area contributed by atoms with E-state index in [-0.39, 0.29) is 5.60 Å². The Labute approximate surface area is 55.2 Å². The molecule has 51 valence electrons. The Kier molecular flexibility index (Phi) is 1.47. The fourth-order valence-corrected chi connectivity index (χ4v) is 1.23. The van der Waals surface area contributed by atoms with Crippen LogP contribution in [0.15, 0.2) is 0 Å². The van der Waals surface area contributed by atoms with Gasteiger partial charge in [-0.3, -0.25) is 0 Å². The SMILES string of the molecule is CCC1CC1(C)O[C]=O. The van der Waals surface area contributed by atoms with Gasteiger partial charge in [0.2, 0.25) is 0 Å². The summed E-state index contributed by atoms with van der Waals surface area (Å²) >= 11 is 0. The van der Waals surface area contributed by atoms with E-state index in [0.717, 1.165) is 12.8 Å². The smallest absolute Gasteiger partial charge is 0.418 e. The Morgan fingerprint density at radius 1 is 1.89 bits per heavy atom. The lowest BCUT2D eigenvalue weighted by Crippen LogP contribution is -2.10. The van der Waals surface area contributed by atoms with E-state index in [4.69, 9.17) is 4.74 Å². The van der Waals surface area contributed by atoms with Crippen molar-refractivity contribution in [2.24, 2.45) is 5.92 Å². The van der Waals surface area contributed by atoms with E-state index < -0.39 is 0 Å². The summed E-state index contributed by atoms with van der Waals surface area (Å²) in [6, 6.07) is 0. The second kappa shape index (κ2) is 2.01. The summed E-state index contributed by atoms with van der Waals surface area (Å²) in [5.41, 5.74) is -0.156. The van der Waals surface area contributed by atoms with Crippen molar-refractivity contribution in [2.75, 3.05) is 0 Å². The van der Waals surface area contributed by atoms with Crippen molar-refractivity contribution < 1.29 is 9.53 Å². The Morgan fingerprint density at radius 2 is 2.56 bits per heavy atom. The molecule has 0 spiro atoms. The van der Waals surface area contributed by atoms with Gasteiger partial charge in [0.25, 0.3) is 0 Å². The zero-order valence-electron chi connectivity index (χ0n) is 5.81. The molecular formula is C7H11O2.